The first-order valence-electron chi connectivity index (χ1n) is 9.00. The number of allylic oxidation sites excluding steroid dienone is 1. The normalized spacial score (nSPS) is 19.1. The molecule has 1 aliphatic heterocycles. The minimum Gasteiger partial charge on any atom is -0.493 e. The van der Waals surface area contributed by atoms with Gasteiger partial charge in [-0.2, -0.15) is 0 Å². The molecule has 1 amide bonds. The molecule has 6 heteroatoms. The first-order valence-corrected chi connectivity index (χ1v) is 9.00. The Bertz CT molecular complexity index is 732. The molecule has 0 aromatic heterocycles. The van der Waals surface area contributed by atoms with E-state index in [1.54, 1.807) is 25.2 Å². The van der Waals surface area contributed by atoms with E-state index in [2.05, 4.69) is 0 Å². The van der Waals surface area contributed by atoms with Crippen molar-refractivity contribution in [1.29, 1.82) is 0 Å². The zero-order valence-corrected chi connectivity index (χ0v) is 15.3. The molecule has 1 fully saturated rings. The van der Waals surface area contributed by atoms with E-state index < -0.39 is 12.0 Å². The number of rotatable bonds is 5. The van der Waals surface area contributed by atoms with Gasteiger partial charge in [0, 0.05) is 12.6 Å². The third-order valence-electron chi connectivity index (χ3n) is 5.23. The van der Waals surface area contributed by atoms with Gasteiger partial charge in [-0.3, -0.25) is 9.59 Å². The molecule has 1 saturated carbocycles. The van der Waals surface area contributed by atoms with E-state index in [4.69, 9.17) is 9.47 Å². The highest BCUT2D eigenvalue weighted by Crippen LogP contribution is 2.39. The number of fused-ring (bicyclic) bond motifs is 1. The Balaban J connectivity index is 1.96. The van der Waals surface area contributed by atoms with E-state index in [1.165, 1.54) is 5.57 Å². The summed E-state index contributed by atoms with van der Waals surface area (Å²) in [6, 6.07) is 3.20. The molecule has 1 heterocycles. The zero-order valence-electron chi connectivity index (χ0n) is 15.3. The van der Waals surface area contributed by atoms with Gasteiger partial charge in [0.1, 0.15) is 0 Å². The highest BCUT2D eigenvalue weighted by molar-refractivity contribution is 5.89. The van der Waals surface area contributed by atoms with Gasteiger partial charge in [0.15, 0.2) is 11.5 Å². The van der Waals surface area contributed by atoms with Crippen LogP contribution in [0.2, 0.25) is 0 Å². The van der Waals surface area contributed by atoms with Crippen LogP contribution in [0.5, 0.6) is 11.5 Å². The van der Waals surface area contributed by atoms with Gasteiger partial charge in [-0.25, -0.2) is 0 Å². The van der Waals surface area contributed by atoms with Gasteiger partial charge >= 0.3 is 5.97 Å². The molecule has 6 nitrogen and oxygen atoms in total. The van der Waals surface area contributed by atoms with Crippen molar-refractivity contribution in [2.75, 3.05) is 20.8 Å². The SMILES string of the molecule is COc1cc2c(cc1OC)C(CC(=O)O)N(C(=O)C=C1CCCC1)CC2. The lowest BCUT2D eigenvalue weighted by Crippen LogP contribution is -2.40. The Hall–Kier alpha value is -2.50. The molecule has 1 atom stereocenters. The van der Waals surface area contributed by atoms with E-state index in [0.717, 1.165) is 36.8 Å². The largest absolute Gasteiger partial charge is 0.493 e. The van der Waals surface area contributed by atoms with E-state index in [9.17, 15) is 14.7 Å². The molecule has 2 aliphatic rings. The smallest absolute Gasteiger partial charge is 0.305 e. The van der Waals surface area contributed by atoms with Gasteiger partial charge in [-0.15, -0.1) is 0 Å². The number of hydrogen-bond acceptors (Lipinski definition) is 4. The number of carboxylic acid groups (broad SMARTS) is 1. The standard InChI is InChI=1S/C20H25NO5/c1-25-17-10-14-7-8-21(19(22)9-13-5-3-4-6-13)16(12-20(23)24)15(14)11-18(17)26-2/h9-11,16H,3-8,12H2,1-2H3,(H,23,24). The topological polar surface area (TPSA) is 76.1 Å². The fourth-order valence-electron chi connectivity index (χ4n) is 3.91. The van der Waals surface area contributed by atoms with E-state index >= 15 is 0 Å². The van der Waals surface area contributed by atoms with Crippen molar-refractivity contribution in [3.63, 3.8) is 0 Å². The number of ether oxygens (including phenoxy) is 2. The first kappa shape index (κ1) is 18.3. The molecule has 1 aliphatic carbocycles. The van der Waals surface area contributed by atoms with Gasteiger partial charge in [-0.1, -0.05) is 5.57 Å². The Morgan fingerprint density at radius 2 is 1.81 bits per heavy atom. The lowest BCUT2D eigenvalue weighted by atomic mass is 9.89. The number of carboxylic acids is 1. The van der Waals surface area contributed by atoms with Crippen molar-refractivity contribution in [2.24, 2.45) is 0 Å². The minimum atomic E-state index is -0.927. The quantitative estimate of drug-likeness (QED) is 0.818. The van der Waals surface area contributed by atoms with Crippen molar-refractivity contribution >= 4 is 11.9 Å². The number of amides is 1. The third-order valence-corrected chi connectivity index (χ3v) is 5.23. The van der Waals surface area contributed by atoms with Crippen LogP contribution in [0.1, 0.15) is 49.3 Å². The molecule has 0 bridgehead atoms. The maximum absolute atomic E-state index is 12.8. The summed E-state index contributed by atoms with van der Waals surface area (Å²) >= 11 is 0. The third kappa shape index (κ3) is 3.69. The van der Waals surface area contributed by atoms with Crippen molar-refractivity contribution < 1.29 is 24.2 Å². The fraction of sp³-hybridized carbons (Fsp3) is 0.500. The summed E-state index contributed by atoms with van der Waals surface area (Å²) < 4.78 is 10.7. The van der Waals surface area contributed by atoms with Gasteiger partial charge in [0.2, 0.25) is 5.91 Å². The van der Waals surface area contributed by atoms with E-state index in [1.807, 2.05) is 12.1 Å². The molecular formula is C20H25NO5. The number of hydrogen-bond donors (Lipinski definition) is 1. The molecule has 140 valence electrons. The Kier molecular flexibility index (Phi) is 5.49. The second-order valence-electron chi connectivity index (χ2n) is 6.81. The lowest BCUT2D eigenvalue weighted by molar-refractivity contribution is -0.140. The summed E-state index contributed by atoms with van der Waals surface area (Å²) in [6.07, 6.45) is 6.43. The summed E-state index contributed by atoms with van der Waals surface area (Å²) in [5.74, 6) is 0.149. The van der Waals surface area contributed by atoms with Gasteiger partial charge in [0.25, 0.3) is 0 Å². The minimum absolute atomic E-state index is 0.0893. The predicted octanol–water partition coefficient (Wildman–Crippen LogP) is 3.10. The average Bonchev–Trinajstić information content (AvgIpc) is 3.13. The molecular weight excluding hydrogens is 334 g/mol. The molecule has 1 N–H and O–H groups in total. The summed E-state index contributed by atoms with van der Waals surface area (Å²) in [6.45, 7) is 0.503. The second kappa shape index (κ2) is 7.81. The molecule has 1 unspecified atom stereocenters. The summed E-state index contributed by atoms with van der Waals surface area (Å²) in [5, 5.41) is 9.39. The molecule has 1 aromatic carbocycles. The highest BCUT2D eigenvalue weighted by atomic mass is 16.5. The number of aliphatic carboxylic acids is 1. The molecule has 1 aromatic rings. The Morgan fingerprint density at radius 1 is 1.15 bits per heavy atom. The maximum atomic E-state index is 12.8. The van der Waals surface area contributed by atoms with Gasteiger partial charge in [0.05, 0.1) is 26.7 Å². The fourth-order valence-corrected chi connectivity index (χ4v) is 3.91. The van der Waals surface area contributed by atoms with Crippen LogP contribution in [0.4, 0.5) is 0 Å². The molecule has 26 heavy (non-hydrogen) atoms. The van der Waals surface area contributed by atoms with Gasteiger partial charge in [-0.05, 0) is 55.4 Å². The van der Waals surface area contributed by atoms with Crippen LogP contribution in [0, 0.1) is 0 Å². The van der Waals surface area contributed by atoms with Crippen LogP contribution in [0.25, 0.3) is 0 Å². The molecule has 0 radical (unpaired) electrons. The summed E-state index contributed by atoms with van der Waals surface area (Å²) in [5.41, 5.74) is 3.00. The van der Waals surface area contributed by atoms with Crippen molar-refractivity contribution in [2.45, 2.75) is 44.6 Å². The van der Waals surface area contributed by atoms with Crippen LogP contribution in [0.15, 0.2) is 23.8 Å². The molecule has 3 rings (SSSR count). The summed E-state index contributed by atoms with van der Waals surface area (Å²) in [4.78, 5) is 26.0. The monoisotopic (exact) mass is 359 g/mol. The Labute approximate surface area is 153 Å². The van der Waals surface area contributed by atoms with Crippen molar-refractivity contribution in [1.82, 2.24) is 4.90 Å². The molecule has 0 spiro atoms. The number of nitrogens with zero attached hydrogens (tertiary/aromatic N) is 1. The van der Waals surface area contributed by atoms with Crippen molar-refractivity contribution in [3.8, 4) is 11.5 Å². The van der Waals surface area contributed by atoms with Crippen LogP contribution < -0.4 is 9.47 Å². The number of carbonyl (C=O) groups excluding carboxylic acids is 1. The van der Waals surface area contributed by atoms with E-state index in [-0.39, 0.29) is 12.3 Å². The number of benzene rings is 1. The van der Waals surface area contributed by atoms with Crippen LogP contribution in [-0.2, 0) is 16.0 Å². The highest BCUT2D eigenvalue weighted by Gasteiger charge is 2.33. The van der Waals surface area contributed by atoms with Gasteiger partial charge < -0.3 is 19.5 Å². The van der Waals surface area contributed by atoms with E-state index in [0.29, 0.717) is 24.5 Å². The molecule has 0 saturated heterocycles. The summed E-state index contributed by atoms with van der Waals surface area (Å²) in [7, 11) is 3.12. The first-order chi connectivity index (χ1) is 12.5. The Morgan fingerprint density at radius 3 is 2.42 bits per heavy atom. The zero-order chi connectivity index (χ0) is 18.7. The second-order valence-corrected chi connectivity index (χ2v) is 6.81. The maximum Gasteiger partial charge on any atom is 0.305 e. The average molecular weight is 359 g/mol. The van der Waals surface area contributed by atoms with Crippen LogP contribution >= 0.6 is 0 Å². The predicted molar refractivity (Wildman–Crippen MR) is 96.5 cm³/mol. The number of methoxy groups -OCH3 is 2. The van der Waals surface area contributed by atoms with Crippen molar-refractivity contribution in [3.05, 3.63) is 34.9 Å². The van der Waals surface area contributed by atoms with Crippen LogP contribution in [0.3, 0.4) is 0 Å². The lowest BCUT2D eigenvalue weighted by Gasteiger charge is -2.36. The van der Waals surface area contributed by atoms with Crippen LogP contribution in [-0.4, -0.2) is 42.6 Å². The number of carbonyl (C=O) groups is 2.